The van der Waals surface area contributed by atoms with Crippen molar-refractivity contribution in [1.29, 1.82) is 0 Å². The summed E-state index contributed by atoms with van der Waals surface area (Å²) in [7, 11) is 0. The van der Waals surface area contributed by atoms with E-state index in [2.05, 4.69) is 14.1 Å². The van der Waals surface area contributed by atoms with Gasteiger partial charge in [-0.05, 0) is 29.8 Å². The van der Waals surface area contributed by atoms with Crippen LogP contribution in [-0.2, 0) is 26.9 Å². The van der Waals surface area contributed by atoms with Gasteiger partial charge >= 0.3 is 12.1 Å². The number of rotatable bonds is 5. The van der Waals surface area contributed by atoms with Gasteiger partial charge in [-0.1, -0.05) is 18.2 Å². The Morgan fingerprint density at radius 3 is 2.52 bits per heavy atom. The van der Waals surface area contributed by atoms with Gasteiger partial charge in [0.05, 0.1) is 29.4 Å². The Hall–Kier alpha value is -3.01. The monoisotopic (exact) mass is 395 g/mol. The molecule has 0 aliphatic rings. The highest BCUT2D eigenvalue weighted by Crippen LogP contribution is 2.29. The molecule has 1 amide bonds. The summed E-state index contributed by atoms with van der Waals surface area (Å²) in [6, 6.07) is 9.26. The van der Waals surface area contributed by atoms with Gasteiger partial charge in [0, 0.05) is 0 Å². The number of ether oxygens (including phenoxy) is 1. The first-order valence-corrected chi connectivity index (χ1v) is 8.39. The van der Waals surface area contributed by atoms with Crippen LogP contribution in [0.1, 0.15) is 11.1 Å². The first-order chi connectivity index (χ1) is 12.8. The van der Waals surface area contributed by atoms with Crippen molar-refractivity contribution >= 4 is 40.3 Å². The number of esters is 1. The zero-order valence-corrected chi connectivity index (χ0v) is 14.4. The lowest BCUT2D eigenvalue weighted by Gasteiger charge is -2.08. The molecule has 1 aromatic heterocycles. The quantitative estimate of drug-likeness (QED) is 0.670. The Kier molecular flexibility index (Phi) is 5.36. The molecule has 0 unspecified atom stereocenters. The van der Waals surface area contributed by atoms with Crippen LogP contribution >= 0.6 is 11.7 Å². The van der Waals surface area contributed by atoms with E-state index in [4.69, 9.17) is 4.74 Å². The van der Waals surface area contributed by atoms with Crippen LogP contribution in [-0.4, -0.2) is 27.2 Å². The van der Waals surface area contributed by atoms with Crippen molar-refractivity contribution in [1.82, 2.24) is 8.75 Å². The van der Waals surface area contributed by atoms with Gasteiger partial charge in [-0.25, -0.2) is 0 Å². The number of aromatic nitrogens is 2. The van der Waals surface area contributed by atoms with Crippen LogP contribution in [0, 0.1) is 0 Å². The van der Waals surface area contributed by atoms with Gasteiger partial charge in [-0.15, -0.1) is 0 Å². The minimum Gasteiger partial charge on any atom is -0.455 e. The van der Waals surface area contributed by atoms with Gasteiger partial charge in [-0.2, -0.15) is 21.9 Å². The highest BCUT2D eigenvalue weighted by atomic mass is 32.1. The van der Waals surface area contributed by atoms with Crippen molar-refractivity contribution in [2.45, 2.75) is 12.6 Å². The van der Waals surface area contributed by atoms with Gasteiger partial charge in [0.15, 0.2) is 6.61 Å². The first-order valence-electron chi connectivity index (χ1n) is 7.66. The summed E-state index contributed by atoms with van der Waals surface area (Å²) in [6.45, 7) is -0.520. The Morgan fingerprint density at radius 1 is 1.07 bits per heavy atom. The van der Waals surface area contributed by atoms with E-state index in [1.807, 2.05) is 0 Å². The van der Waals surface area contributed by atoms with Crippen LogP contribution in [0.15, 0.2) is 42.5 Å². The predicted octanol–water partition coefficient (Wildman–Crippen LogP) is 3.43. The highest BCUT2D eigenvalue weighted by molar-refractivity contribution is 7.00. The van der Waals surface area contributed by atoms with Gasteiger partial charge in [0.1, 0.15) is 11.0 Å². The molecule has 0 radical (unpaired) electrons. The van der Waals surface area contributed by atoms with E-state index in [1.54, 1.807) is 18.2 Å². The maximum absolute atomic E-state index is 12.5. The van der Waals surface area contributed by atoms with Crippen molar-refractivity contribution in [3.63, 3.8) is 0 Å². The summed E-state index contributed by atoms with van der Waals surface area (Å²) in [5.41, 5.74) is 1.17. The second kappa shape index (κ2) is 7.70. The molecule has 27 heavy (non-hydrogen) atoms. The van der Waals surface area contributed by atoms with Crippen molar-refractivity contribution in [2.24, 2.45) is 0 Å². The van der Waals surface area contributed by atoms with E-state index < -0.39 is 30.2 Å². The molecule has 0 fully saturated rings. The third kappa shape index (κ3) is 4.79. The lowest BCUT2D eigenvalue weighted by atomic mass is 10.1. The highest BCUT2D eigenvalue weighted by Gasteiger charge is 2.30. The van der Waals surface area contributed by atoms with Crippen molar-refractivity contribution in [3.05, 3.63) is 53.6 Å². The summed E-state index contributed by atoms with van der Waals surface area (Å²) in [6.07, 6.45) is -4.68. The number of nitrogens with zero attached hydrogens (tertiary/aromatic N) is 2. The Labute approximate surface area is 155 Å². The normalized spacial score (nSPS) is 11.4. The molecule has 0 atom stereocenters. The summed E-state index contributed by atoms with van der Waals surface area (Å²) >= 11 is 1.01. The minimum absolute atomic E-state index is 0.239. The van der Waals surface area contributed by atoms with Crippen LogP contribution in [0.3, 0.4) is 0 Å². The lowest BCUT2D eigenvalue weighted by Crippen LogP contribution is -2.21. The van der Waals surface area contributed by atoms with Crippen LogP contribution in [0.2, 0.25) is 0 Å². The average Bonchev–Trinajstić information content (AvgIpc) is 3.09. The fourth-order valence-corrected chi connectivity index (χ4v) is 2.82. The number of carbonyl (C=O) groups excluding carboxylic acids is 2. The molecular weight excluding hydrogens is 383 g/mol. The largest absolute Gasteiger partial charge is 0.455 e. The molecular formula is C17H12F3N3O3S. The number of halogens is 3. The molecule has 0 spiro atoms. The van der Waals surface area contributed by atoms with E-state index in [0.29, 0.717) is 22.3 Å². The lowest BCUT2D eigenvalue weighted by molar-refractivity contribution is -0.146. The molecule has 3 rings (SSSR count). The topological polar surface area (TPSA) is 81.2 Å². The maximum Gasteiger partial charge on any atom is 0.416 e. The van der Waals surface area contributed by atoms with Crippen molar-refractivity contribution in [2.75, 3.05) is 11.9 Å². The van der Waals surface area contributed by atoms with E-state index in [1.165, 1.54) is 12.1 Å². The van der Waals surface area contributed by atoms with Crippen LogP contribution in [0.25, 0.3) is 11.0 Å². The molecule has 0 aliphatic carbocycles. The number of amides is 1. The van der Waals surface area contributed by atoms with Gasteiger partial charge in [-0.3, -0.25) is 9.59 Å². The molecule has 0 saturated heterocycles. The third-order valence-corrected chi connectivity index (χ3v) is 4.10. The summed E-state index contributed by atoms with van der Waals surface area (Å²) < 4.78 is 50.5. The van der Waals surface area contributed by atoms with Gasteiger partial charge < -0.3 is 10.1 Å². The number of benzene rings is 2. The average molecular weight is 395 g/mol. The molecule has 10 heteroatoms. The predicted molar refractivity (Wildman–Crippen MR) is 92.2 cm³/mol. The zero-order chi connectivity index (χ0) is 19.4. The van der Waals surface area contributed by atoms with Crippen LogP contribution in [0.4, 0.5) is 18.9 Å². The fourth-order valence-electron chi connectivity index (χ4n) is 2.27. The maximum atomic E-state index is 12.5. The first kappa shape index (κ1) is 18.8. The summed E-state index contributed by atoms with van der Waals surface area (Å²) in [4.78, 5) is 23.7. The van der Waals surface area contributed by atoms with Gasteiger partial charge in [0.2, 0.25) is 0 Å². The van der Waals surface area contributed by atoms with Gasteiger partial charge in [0.25, 0.3) is 5.91 Å². The van der Waals surface area contributed by atoms with Crippen LogP contribution in [0.5, 0.6) is 0 Å². The molecule has 0 aliphatic heterocycles. The fraction of sp³-hybridized carbons (Fsp3) is 0.176. The van der Waals surface area contributed by atoms with Crippen LogP contribution < -0.4 is 5.32 Å². The summed E-state index contributed by atoms with van der Waals surface area (Å²) in [5, 5.41) is 2.58. The second-order valence-corrected chi connectivity index (χ2v) is 6.05. The molecule has 0 saturated carbocycles. The van der Waals surface area contributed by atoms with Crippen molar-refractivity contribution in [3.8, 4) is 0 Å². The summed E-state index contributed by atoms with van der Waals surface area (Å²) in [5.74, 6) is -1.28. The number of anilines is 1. The number of fused-ring (bicyclic) bond motifs is 1. The van der Waals surface area contributed by atoms with E-state index in [9.17, 15) is 22.8 Å². The van der Waals surface area contributed by atoms with E-state index in [-0.39, 0.29) is 6.42 Å². The Balaban J connectivity index is 1.51. The zero-order valence-electron chi connectivity index (χ0n) is 13.6. The molecule has 2 aromatic carbocycles. The Morgan fingerprint density at radius 2 is 1.81 bits per heavy atom. The standard InChI is InChI=1S/C17H12F3N3O3S/c18-17(19,20)11-6-4-10(5-7-11)8-15(25)26-9-14(24)21-12-2-1-3-13-16(12)23-27-22-13/h1-7H,8-9H2,(H,21,24). The molecule has 6 nitrogen and oxygen atoms in total. The van der Waals surface area contributed by atoms with E-state index in [0.717, 1.165) is 23.9 Å². The Bertz CT molecular complexity index is 971. The molecule has 140 valence electrons. The second-order valence-electron chi connectivity index (χ2n) is 5.52. The molecule has 1 heterocycles. The number of alkyl halides is 3. The SMILES string of the molecule is O=C(COC(=O)Cc1ccc(C(F)(F)F)cc1)Nc1cccc2nsnc12. The van der Waals surface area contributed by atoms with E-state index >= 15 is 0 Å². The van der Waals surface area contributed by atoms with Crippen molar-refractivity contribution < 1.29 is 27.5 Å². The molecule has 1 N–H and O–H groups in total. The number of carbonyl (C=O) groups is 2. The number of nitrogens with one attached hydrogen (secondary N) is 1. The molecule has 0 bridgehead atoms. The minimum atomic E-state index is -4.44. The smallest absolute Gasteiger partial charge is 0.416 e. The molecule has 3 aromatic rings. The number of hydrogen-bond donors (Lipinski definition) is 1. The number of hydrogen-bond acceptors (Lipinski definition) is 6. The third-order valence-electron chi connectivity index (χ3n) is 3.55.